The minimum Gasteiger partial charge on any atom is -0.464 e. The van der Waals surface area contributed by atoms with Crippen LogP contribution in [0.5, 0.6) is 0 Å². The van der Waals surface area contributed by atoms with Crippen molar-refractivity contribution in [3.63, 3.8) is 0 Å². The number of amides is 1. The van der Waals surface area contributed by atoms with Crippen LogP contribution in [0.4, 0.5) is 0 Å². The van der Waals surface area contributed by atoms with Crippen LogP contribution in [0.1, 0.15) is 30.9 Å². The van der Waals surface area contributed by atoms with E-state index in [0.717, 1.165) is 28.0 Å². The molecule has 170 valence electrons. The van der Waals surface area contributed by atoms with E-state index in [4.69, 9.17) is 9.57 Å². The Bertz CT molecular complexity index is 1100. The first-order valence-electron chi connectivity index (χ1n) is 11.4. The fourth-order valence-corrected chi connectivity index (χ4v) is 4.77. The molecule has 1 saturated carbocycles. The lowest BCUT2D eigenvalue weighted by atomic mass is 10.1. The third-order valence-corrected chi connectivity index (χ3v) is 6.64. The summed E-state index contributed by atoms with van der Waals surface area (Å²) in [6.45, 7) is 6.28. The minimum atomic E-state index is -0.993. The van der Waals surface area contributed by atoms with E-state index in [1.54, 1.807) is 13.0 Å². The number of benzene rings is 2. The first-order chi connectivity index (χ1) is 16.1. The van der Waals surface area contributed by atoms with Gasteiger partial charge in [-0.3, -0.25) is 4.79 Å². The fourth-order valence-electron chi connectivity index (χ4n) is 4.77. The molecule has 0 spiro atoms. The van der Waals surface area contributed by atoms with Crippen LogP contribution in [0.25, 0.3) is 11.1 Å². The van der Waals surface area contributed by atoms with Crippen molar-refractivity contribution in [2.75, 3.05) is 13.2 Å². The summed E-state index contributed by atoms with van der Waals surface area (Å²) in [5, 5.41) is 10.6. The SMILES string of the molecule is C=C[C@@H]1C[C@]1(NC(=O)[C@@H]1C[C@@H](ON=C2c3ccccc3-c3ccccc32)CN1)C(=O)OCC. The zero-order valence-corrected chi connectivity index (χ0v) is 18.5. The molecule has 2 aromatic carbocycles. The van der Waals surface area contributed by atoms with Crippen molar-refractivity contribution in [2.45, 2.75) is 37.5 Å². The smallest absolute Gasteiger partial charge is 0.332 e. The van der Waals surface area contributed by atoms with Gasteiger partial charge in [-0.15, -0.1) is 6.58 Å². The molecule has 2 aromatic rings. The van der Waals surface area contributed by atoms with Gasteiger partial charge < -0.3 is 20.2 Å². The van der Waals surface area contributed by atoms with Gasteiger partial charge in [-0.1, -0.05) is 59.8 Å². The molecule has 3 aliphatic rings. The summed E-state index contributed by atoms with van der Waals surface area (Å²) >= 11 is 0. The maximum absolute atomic E-state index is 12.9. The van der Waals surface area contributed by atoms with Crippen molar-refractivity contribution in [1.82, 2.24) is 10.6 Å². The molecule has 1 saturated heterocycles. The number of carbonyl (C=O) groups is 2. The lowest BCUT2D eigenvalue weighted by Crippen LogP contribution is -2.51. The molecular weight excluding hydrogens is 418 g/mol. The summed E-state index contributed by atoms with van der Waals surface area (Å²) in [7, 11) is 0. The number of nitrogens with zero attached hydrogens (tertiary/aromatic N) is 1. The Morgan fingerprint density at radius 2 is 1.79 bits per heavy atom. The van der Waals surface area contributed by atoms with Crippen molar-refractivity contribution in [2.24, 2.45) is 11.1 Å². The predicted molar refractivity (Wildman–Crippen MR) is 125 cm³/mol. The number of nitrogens with one attached hydrogen (secondary N) is 2. The third kappa shape index (κ3) is 3.72. The zero-order valence-electron chi connectivity index (χ0n) is 18.5. The number of carbonyl (C=O) groups excluding carboxylic acids is 2. The van der Waals surface area contributed by atoms with Crippen molar-refractivity contribution in [3.8, 4) is 11.1 Å². The van der Waals surface area contributed by atoms with Crippen LogP contribution < -0.4 is 10.6 Å². The highest BCUT2D eigenvalue weighted by Gasteiger charge is 2.61. The Morgan fingerprint density at radius 3 is 2.36 bits per heavy atom. The fraction of sp³-hybridized carbons (Fsp3) is 0.346. The number of hydrogen-bond acceptors (Lipinski definition) is 6. The van der Waals surface area contributed by atoms with Crippen molar-refractivity contribution < 1.29 is 19.2 Å². The second-order valence-electron chi connectivity index (χ2n) is 8.68. The normalized spacial score (nSPS) is 26.7. The maximum Gasteiger partial charge on any atom is 0.332 e. The zero-order chi connectivity index (χ0) is 23.0. The molecule has 4 atom stereocenters. The number of fused-ring (bicyclic) bond motifs is 3. The molecule has 7 heteroatoms. The molecule has 2 aliphatic carbocycles. The molecule has 1 heterocycles. The molecule has 2 N–H and O–H groups in total. The van der Waals surface area contributed by atoms with E-state index in [9.17, 15) is 9.59 Å². The largest absolute Gasteiger partial charge is 0.464 e. The molecule has 0 unspecified atom stereocenters. The van der Waals surface area contributed by atoms with Gasteiger partial charge >= 0.3 is 5.97 Å². The summed E-state index contributed by atoms with van der Waals surface area (Å²) in [4.78, 5) is 31.2. The van der Waals surface area contributed by atoms with E-state index in [0.29, 0.717) is 19.4 Å². The van der Waals surface area contributed by atoms with Gasteiger partial charge in [0.1, 0.15) is 17.4 Å². The molecule has 7 nitrogen and oxygen atoms in total. The van der Waals surface area contributed by atoms with Gasteiger partial charge in [0.15, 0.2) is 0 Å². The minimum absolute atomic E-state index is 0.108. The number of oxime groups is 1. The van der Waals surface area contributed by atoms with Gasteiger partial charge in [-0.2, -0.15) is 0 Å². The Kier molecular flexibility index (Phi) is 5.50. The number of rotatable bonds is 7. The molecule has 33 heavy (non-hydrogen) atoms. The maximum atomic E-state index is 12.9. The number of hydrogen-bond donors (Lipinski definition) is 2. The van der Waals surface area contributed by atoms with Crippen LogP contribution in [0.3, 0.4) is 0 Å². The van der Waals surface area contributed by atoms with Gasteiger partial charge in [0, 0.05) is 30.0 Å². The van der Waals surface area contributed by atoms with Gasteiger partial charge in [0.05, 0.1) is 12.6 Å². The van der Waals surface area contributed by atoms with Gasteiger partial charge in [-0.05, 0) is 24.5 Å². The Hall–Kier alpha value is -3.45. The summed E-state index contributed by atoms with van der Waals surface area (Å²) in [6.07, 6.45) is 2.42. The van der Waals surface area contributed by atoms with Gasteiger partial charge in [0.2, 0.25) is 5.91 Å². The Morgan fingerprint density at radius 1 is 1.15 bits per heavy atom. The first kappa shape index (κ1) is 21.4. The Balaban J connectivity index is 1.25. The summed E-state index contributed by atoms with van der Waals surface area (Å²) in [5.41, 5.74) is 4.18. The van der Waals surface area contributed by atoms with Gasteiger partial charge in [0.25, 0.3) is 0 Å². The topological polar surface area (TPSA) is 89.0 Å². The second kappa shape index (κ2) is 8.48. The molecule has 5 rings (SSSR count). The van der Waals surface area contributed by atoms with Crippen LogP contribution in [0.2, 0.25) is 0 Å². The molecule has 0 bridgehead atoms. The molecule has 1 aliphatic heterocycles. The monoisotopic (exact) mass is 445 g/mol. The van der Waals surface area contributed by atoms with Crippen LogP contribution in [0, 0.1) is 5.92 Å². The summed E-state index contributed by atoms with van der Waals surface area (Å²) < 4.78 is 5.17. The van der Waals surface area contributed by atoms with E-state index < -0.39 is 17.6 Å². The van der Waals surface area contributed by atoms with E-state index in [2.05, 4.69) is 34.5 Å². The van der Waals surface area contributed by atoms with E-state index >= 15 is 0 Å². The van der Waals surface area contributed by atoms with E-state index in [1.807, 2.05) is 36.4 Å². The van der Waals surface area contributed by atoms with E-state index in [1.165, 1.54) is 0 Å². The summed E-state index contributed by atoms with van der Waals surface area (Å²) in [5.74, 6) is -0.746. The van der Waals surface area contributed by atoms with Crippen LogP contribution in [-0.2, 0) is 19.2 Å². The number of esters is 1. The molecular formula is C26H27N3O4. The lowest BCUT2D eigenvalue weighted by molar-refractivity contribution is -0.149. The molecule has 0 radical (unpaired) electrons. The quantitative estimate of drug-likeness (QED) is 0.332. The highest BCUT2D eigenvalue weighted by Crippen LogP contribution is 2.45. The first-order valence-corrected chi connectivity index (χ1v) is 11.4. The standard InChI is InChI=1S/C26H27N3O4/c1-3-16-14-26(16,25(31)32-4-2)28-24(30)22-13-17(15-27-22)33-29-23-20-11-7-5-9-18(20)19-10-6-8-12-21(19)23/h3,5-12,16-17,22,27H,1,4,13-15H2,2H3,(H,28,30)/t16-,17-,22+,26-/m1/s1. The average Bonchev–Trinajstić information content (AvgIpc) is 3.19. The highest BCUT2D eigenvalue weighted by molar-refractivity contribution is 6.24. The van der Waals surface area contributed by atoms with Crippen molar-refractivity contribution in [1.29, 1.82) is 0 Å². The second-order valence-corrected chi connectivity index (χ2v) is 8.68. The lowest BCUT2D eigenvalue weighted by Gasteiger charge is -2.19. The van der Waals surface area contributed by atoms with Crippen molar-refractivity contribution in [3.05, 3.63) is 72.3 Å². The number of ether oxygens (including phenoxy) is 1. The Labute approximate surface area is 192 Å². The summed E-state index contributed by atoms with van der Waals surface area (Å²) in [6, 6.07) is 15.8. The van der Waals surface area contributed by atoms with Crippen LogP contribution in [-0.4, -0.2) is 48.4 Å². The molecule has 0 aromatic heterocycles. The van der Waals surface area contributed by atoms with Crippen LogP contribution in [0.15, 0.2) is 66.3 Å². The van der Waals surface area contributed by atoms with Crippen LogP contribution >= 0.6 is 0 Å². The van der Waals surface area contributed by atoms with Crippen molar-refractivity contribution >= 4 is 17.6 Å². The van der Waals surface area contributed by atoms with E-state index in [-0.39, 0.29) is 24.5 Å². The predicted octanol–water partition coefficient (Wildman–Crippen LogP) is 2.79. The van der Waals surface area contributed by atoms with Gasteiger partial charge in [-0.25, -0.2) is 4.79 Å². The third-order valence-electron chi connectivity index (χ3n) is 6.64. The molecule has 2 fully saturated rings. The average molecular weight is 446 g/mol. The molecule has 1 amide bonds. The highest BCUT2D eigenvalue weighted by atomic mass is 16.6.